The maximum atomic E-state index is 11.8. The highest BCUT2D eigenvalue weighted by Gasteiger charge is 2.09. The number of carbonyl (C=O) groups is 1. The highest BCUT2D eigenvalue weighted by Crippen LogP contribution is 2.34. The van der Waals surface area contributed by atoms with Crippen LogP contribution in [0.15, 0.2) is 35.4 Å². The zero-order valence-corrected chi connectivity index (χ0v) is 15.6. The zero-order valence-electron chi connectivity index (χ0n) is 14.9. The molecule has 1 amide bonds. The molecule has 26 heavy (non-hydrogen) atoms. The van der Waals surface area contributed by atoms with Crippen molar-refractivity contribution in [2.75, 3.05) is 13.2 Å². The third-order valence-corrected chi connectivity index (χ3v) is 3.73. The summed E-state index contributed by atoms with van der Waals surface area (Å²) in [5.41, 5.74) is 5.04. The van der Waals surface area contributed by atoms with Gasteiger partial charge in [-0.15, -0.1) is 0 Å². The number of phenolic OH excluding ortho intramolecular Hbond substituents is 1. The lowest BCUT2D eigenvalue weighted by Gasteiger charge is -2.09. The summed E-state index contributed by atoms with van der Waals surface area (Å²) in [6.07, 6.45) is 1.41. The molecule has 0 fully saturated rings. The lowest BCUT2D eigenvalue weighted by Crippen LogP contribution is -2.24. The average Bonchev–Trinajstić information content (AvgIpc) is 2.58. The number of carbonyl (C=O) groups excluding carboxylic acids is 1. The first kappa shape index (κ1) is 19.6. The van der Waals surface area contributed by atoms with E-state index in [0.29, 0.717) is 17.9 Å². The second-order valence-corrected chi connectivity index (χ2v) is 6.04. The molecule has 0 spiro atoms. The fourth-order valence-electron chi connectivity index (χ4n) is 2.25. The van der Waals surface area contributed by atoms with Gasteiger partial charge >= 0.3 is 0 Å². The van der Waals surface area contributed by atoms with Gasteiger partial charge in [0.05, 0.1) is 17.8 Å². The smallest absolute Gasteiger partial charge is 0.277 e. The highest BCUT2D eigenvalue weighted by atomic mass is 35.5. The van der Waals surface area contributed by atoms with Crippen molar-refractivity contribution in [3.63, 3.8) is 0 Å². The molecule has 2 N–H and O–H groups in total. The number of hydrazone groups is 1. The molecule has 0 saturated carbocycles. The molecule has 0 bridgehead atoms. The third-order valence-electron chi connectivity index (χ3n) is 3.44. The van der Waals surface area contributed by atoms with Gasteiger partial charge in [-0.25, -0.2) is 5.43 Å². The summed E-state index contributed by atoms with van der Waals surface area (Å²) >= 11 is 5.94. The van der Waals surface area contributed by atoms with Gasteiger partial charge in [0.25, 0.3) is 5.91 Å². The van der Waals surface area contributed by atoms with Crippen molar-refractivity contribution in [1.29, 1.82) is 0 Å². The van der Waals surface area contributed by atoms with E-state index >= 15 is 0 Å². The van der Waals surface area contributed by atoms with Gasteiger partial charge in [0.15, 0.2) is 18.1 Å². The van der Waals surface area contributed by atoms with Gasteiger partial charge in [0, 0.05) is 0 Å². The molecular weight excluding hydrogens is 356 g/mol. The van der Waals surface area contributed by atoms with Crippen LogP contribution >= 0.6 is 11.6 Å². The first-order valence-electron chi connectivity index (χ1n) is 8.08. The average molecular weight is 377 g/mol. The first-order chi connectivity index (χ1) is 12.4. The second-order valence-electron chi connectivity index (χ2n) is 5.63. The number of ether oxygens (including phenoxy) is 2. The standard InChI is InChI=1S/C19H21ClN2O4/c1-4-25-17-9-14(8-15(20)19(17)24)10-21-22-18(23)11-26-16-6-5-12(2)7-13(16)3/h5-10,24H,4,11H2,1-3H3,(H,22,23)/b21-10+. The summed E-state index contributed by atoms with van der Waals surface area (Å²) < 4.78 is 10.8. The molecule has 0 aromatic heterocycles. The minimum absolute atomic E-state index is 0.128. The molecule has 0 aliphatic carbocycles. The summed E-state index contributed by atoms with van der Waals surface area (Å²) in [6, 6.07) is 8.82. The van der Waals surface area contributed by atoms with Crippen LogP contribution in [-0.2, 0) is 4.79 Å². The Labute approximate surface area is 157 Å². The van der Waals surface area contributed by atoms with Gasteiger partial charge in [-0.3, -0.25) is 4.79 Å². The number of aryl methyl sites for hydroxylation is 2. The van der Waals surface area contributed by atoms with Crippen LogP contribution < -0.4 is 14.9 Å². The number of amides is 1. The van der Waals surface area contributed by atoms with E-state index in [1.807, 2.05) is 32.0 Å². The monoisotopic (exact) mass is 376 g/mol. The summed E-state index contributed by atoms with van der Waals surface area (Å²) in [4.78, 5) is 11.8. The molecule has 0 radical (unpaired) electrons. The van der Waals surface area contributed by atoms with Gasteiger partial charge in [-0.05, 0) is 50.1 Å². The van der Waals surface area contributed by atoms with Crippen LogP contribution in [0.5, 0.6) is 17.2 Å². The van der Waals surface area contributed by atoms with Crippen molar-refractivity contribution >= 4 is 23.7 Å². The Morgan fingerprint density at radius 3 is 2.69 bits per heavy atom. The molecular formula is C19H21ClN2O4. The Hall–Kier alpha value is -2.73. The minimum atomic E-state index is -0.392. The van der Waals surface area contributed by atoms with Gasteiger partial charge < -0.3 is 14.6 Å². The van der Waals surface area contributed by atoms with E-state index in [1.54, 1.807) is 13.0 Å². The van der Waals surface area contributed by atoms with E-state index in [4.69, 9.17) is 21.1 Å². The number of hydrogen-bond donors (Lipinski definition) is 2. The molecule has 2 aromatic carbocycles. The Morgan fingerprint density at radius 1 is 1.23 bits per heavy atom. The van der Waals surface area contributed by atoms with E-state index in [0.717, 1.165) is 11.1 Å². The Kier molecular flexibility index (Phi) is 6.86. The van der Waals surface area contributed by atoms with Crippen LogP contribution in [0, 0.1) is 13.8 Å². The molecule has 2 aromatic rings. The van der Waals surface area contributed by atoms with Crippen LogP contribution in [0.25, 0.3) is 0 Å². The summed E-state index contributed by atoms with van der Waals surface area (Å²) in [6.45, 7) is 5.94. The lowest BCUT2D eigenvalue weighted by molar-refractivity contribution is -0.123. The molecule has 7 heteroatoms. The summed E-state index contributed by atoms with van der Waals surface area (Å²) in [5.74, 6) is 0.389. The maximum absolute atomic E-state index is 11.8. The number of rotatable bonds is 7. The van der Waals surface area contributed by atoms with E-state index in [-0.39, 0.29) is 23.1 Å². The number of nitrogens with zero attached hydrogens (tertiary/aromatic N) is 1. The van der Waals surface area contributed by atoms with Crippen molar-refractivity contribution in [2.24, 2.45) is 5.10 Å². The van der Waals surface area contributed by atoms with Crippen LogP contribution in [0.1, 0.15) is 23.6 Å². The predicted octanol–water partition coefficient (Wildman–Crippen LogP) is 3.59. The topological polar surface area (TPSA) is 80.2 Å². The number of hydrogen-bond acceptors (Lipinski definition) is 5. The van der Waals surface area contributed by atoms with E-state index in [9.17, 15) is 9.90 Å². The Bertz CT molecular complexity index is 821. The van der Waals surface area contributed by atoms with E-state index in [1.165, 1.54) is 12.3 Å². The van der Waals surface area contributed by atoms with Crippen molar-refractivity contribution < 1.29 is 19.4 Å². The second kappa shape index (κ2) is 9.10. The van der Waals surface area contributed by atoms with Gasteiger partial charge in [-0.2, -0.15) is 5.10 Å². The van der Waals surface area contributed by atoms with E-state index < -0.39 is 5.91 Å². The van der Waals surface area contributed by atoms with Gasteiger partial charge in [-0.1, -0.05) is 29.3 Å². The zero-order chi connectivity index (χ0) is 19.1. The van der Waals surface area contributed by atoms with Crippen LogP contribution in [0.3, 0.4) is 0 Å². The number of halogens is 1. The maximum Gasteiger partial charge on any atom is 0.277 e. The SMILES string of the molecule is CCOc1cc(/C=N/NC(=O)COc2ccc(C)cc2C)cc(Cl)c1O. The molecule has 0 heterocycles. The fourth-order valence-corrected chi connectivity index (χ4v) is 2.47. The van der Waals surface area contributed by atoms with Crippen molar-refractivity contribution in [3.8, 4) is 17.2 Å². The van der Waals surface area contributed by atoms with E-state index in [2.05, 4.69) is 10.5 Å². The van der Waals surface area contributed by atoms with Crippen molar-refractivity contribution in [1.82, 2.24) is 5.43 Å². The van der Waals surface area contributed by atoms with Crippen molar-refractivity contribution in [2.45, 2.75) is 20.8 Å². The molecule has 138 valence electrons. The predicted molar refractivity (Wildman–Crippen MR) is 101 cm³/mol. The molecule has 0 aliphatic heterocycles. The van der Waals surface area contributed by atoms with Crippen LogP contribution in [-0.4, -0.2) is 30.4 Å². The number of aromatic hydroxyl groups is 1. The number of phenols is 1. The lowest BCUT2D eigenvalue weighted by atomic mass is 10.1. The number of benzene rings is 2. The largest absolute Gasteiger partial charge is 0.503 e. The van der Waals surface area contributed by atoms with Crippen LogP contribution in [0.4, 0.5) is 0 Å². The summed E-state index contributed by atoms with van der Waals surface area (Å²) in [7, 11) is 0. The van der Waals surface area contributed by atoms with Crippen molar-refractivity contribution in [3.05, 3.63) is 52.0 Å². The van der Waals surface area contributed by atoms with Gasteiger partial charge in [0.2, 0.25) is 0 Å². The molecule has 2 rings (SSSR count). The van der Waals surface area contributed by atoms with Gasteiger partial charge in [0.1, 0.15) is 5.75 Å². The molecule has 0 saturated heterocycles. The third kappa shape index (κ3) is 5.39. The van der Waals surface area contributed by atoms with Crippen LogP contribution in [0.2, 0.25) is 5.02 Å². The normalized spacial score (nSPS) is 10.8. The minimum Gasteiger partial charge on any atom is -0.503 e. The molecule has 6 nitrogen and oxygen atoms in total. The Balaban J connectivity index is 1.92. The molecule has 0 unspecified atom stereocenters. The molecule has 0 aliphatic rings. The summed E-state index contributed by atoms with van der Waals surface area (Å²) in [5, 5.41) is 13.8. The molecule has 0 atom stereocenters. The quantitative estimate of drug-likeness (QED) is 0.571. The first-order valence-corrected chi connectivity index (χ1v) is 8.45. The fraction of sp³-hybridized carbons (Fsp3) is 0.263. The number of nitrogens with one attached hydrogen (secondary N) is 1. The Morgan fingerprint density at radius 2 is 2.00 bits per heavy atom. The highest BCUT2D eigenvalue weighted by molar-refractivity contribution is 6.32.